The fraction of sp³-hybridized carbons (Fsp3) is 0.290. The minimum absolute atomic E-state index is 0.356. The van der Waals surface area contributed by atoms with Crippen LogP contribution in [0.5, 0.6) is 0 Å². The summed E-state index contributed by atoms with van der Waals surface area (Å²) in [7, 11) is 0. The van der Waals surface area contributed by atoms with Gasteiger partial charge in [-0.05, 0) is 75.1 Å². The average molecular weight is 482 g/mol. The van der Waals surface area contributed by atoms with E-state index in [0.29, 0.717) is 12.0 Å². The van der Waals surface area contributed by atoms with Crippen molar-refractivity contribution in [2.45, 2.75) is 45.6 Å². The number of aromatic nitrogens is 2. The van der Waals surface area contributed by atoms with Crippen LogP contribution in [0.15, 0.2) is 80.8 Å². The molecule has 0 aliphatic carbocycles. The van der Waals surface area contributed by atoms with Crippen molar-refractivity contribution in [2.75, 3.05) is 18.4 Å². The van der Waals surface area contributed by atoms with E-state index in [2.05, 4.69) is 95.9 Å². The topological polar surface area (TPSA) is 67.1 Å². The Morgan fingerprint density at radius 2 is 1.72 bits per heavy atom. The van der Waals surface area contributed by atoms with Gasteiger partial charge in [-0.15, -0.1) is 0 Å². The number of nitrogens with one attached hydrogen (secondary N) is 1. The van der Waals surface area contributed by atoms with Gasteiger partial charge < -0.3 is 16.0 Å². The standard InChI is InChI=1S/C29H34N4.C2H5N/c1-6-23-7-9-24(10-8-23)25-13-15-33(16-14-25)22(5)27-17-28(21(4)30-19-27)26-11-12-29(31-18-26)32-20(2)3;1-2-3/h6-12,17-20,25H,1,5,13-16H2,2-4H3,(H,31,32);2H,1,3H2. The van der Waals surface area contributed by atoms with Crippen LogP contribution in [-0.4, -0.2) is 34.0 Å². The molecule has 0 saturated carbocycles. The summed E-state index contributed by atoms with van der Waals surface area (Å²) < 4.78 is 0. The van der Waals surface area contributed by atoms with Gasteiger partial charge in [-0.25, -0.2) is 4.98 Å². The zero-order chi connectivity index (χ0) is 26.1. The molecule has 3 aromatic rings. The first kappa shape index (κ1) is 26.7. The Morgan fingerprint density at radius 1 is 1.06 bits per heavy atom. The molecule has 1 aromatic carbocycles. The zero-order valence-electron chi connectivity index (χ0n) is 21.9. The van der Waals surface area contributed by atoms with Gasteiger partial charge in [-0.3, -0.25) is 4.98 Å². The molecule has 0 spiro atoms. The van der Waals surface area contributed by atoms with E-state index in [9.17, 15) is 0 Å². The lowest BCUT2D eigenvalue weighted by molar-refractivity contribution is 0.299. The van der Waals surface area contributed by atoms with Gasteiger partial charge in [-0.1, -0.05) is 50.1 Å². The summed E-state index contributed by atoms with van der Waals surface area (Å²) in [6, 6.07) is 15.5. The van der Waals surface area contributed by atoms with E-state index in [1.807, 2.05) is 31.5 Å². The summed E-state index contributed by atoms with van der Waals surface area (Å²) in [6.45, 7) is 19.7. The van der Waals surface area contributed by atoms with Crippen LogP contribution in [0, 0.1) is 6.92 Å². The highest BCUT2D eigenvalue weighted by Gasteiger charge is 2.22. The van der Waals surface area contributed by atoms with Crippen LogP contribution in [0.2, 0.25) is 0 Å². The Labute approximate surface area is 216 Å². The molecule has 36 heavy (non-hydrogen) atoms. The molecule has 1 fully saturated rings. The number of pyridine rings is 2. The van der Waals surface area contributed by atoms with E-state index in [0.717, 1.165) is 59.8 Å². The van der Waals surface area contributed by atoms with Crippen LogP contribution in [0.25, 0.3) is 22.9 Å². The molecule has 5 nitrogen and oxygen atoms in total. The van der Waals surface area contributed by atoms with Crippen molar-refractivity contribution in [3.8, 4) is 11.1 Å². The molecule has 0 amide bonds. The van der Waals surface area contributed by atoms with Crippen molar-refractivity contribution in [3.63, 3.8) is 0 Å². The first-order chi connectivity index (χ1) is 17.4. The summed E-state index contributed by atoms with van der Waals surface area (Å²) >= 11 is 0. The number of rotatable bonds is 7. The van der Waals surface area contributed by atoms with Gasteiger partial charge >= 0.3 is 0 Å². The maximum absolute atomic E-state index is 4.68. The predicted molar refractivity (Wildman–Crippen MR) is 154 cm³/mol. The van der Waals surface area contributed by atoms with E-state index in [1.165, 1.54) is 17.3 Å². The molecule has 0 bridgehead atoms. The van der Waals surface area contributed by atoms with Crippen molar-refractivity contribution in [1.82, 2.24) is 14.9 Å². The van der Waals surface area contributed by atoms with Crippen molar-refractivity contribution in [2.24, 2.45) is 5.73 Å². The van der Waals surface area contributed by atoms with Crippen LogP contribution in [0.1, 0.15) is 55.0 Å². The van der Waals surface area contributed by atoms with Crippen LogP contribution in [0.3, 0.4) is 0 Å². The van der Waals surface area contributed by atoms with Crippen LogP contribution in [-0.2, 0) is 0 Å². The molecule has 0 atom stereocenters. The van der Waals surface area contributed by atoms with Crippen LogP contribution in [0.4, 0.5) is 5.82 Å². The maximum Gasteiger partial charge on any atom is 0.126 e. The predicted octanol–water partition coefficient (Wildman–Crippen LogP) is 6.85. The number of hydrogen-bond acceptors (Lipinski definition) is 5. The number of likely N-dealkylation sites (tertiary alicyclic amines) is 1. The van der Waals surface area contributed by atoms with Crippen molar-refractivity contribution < 1.29 is 0 Å². The fourth-order valence-corrected chi connectivity index (χ4v) is 4.49. The van der Waals surface area contributed by atoms with E-state index in [-0.39, 0.29) is 0 Å². The molecular formula is C31H39N5. The third-order valence-electron chi connectivity index (χ3n) is 6.45. The molecule has 5 heteroatoms. The molecule has 1 aliphatic heterocycles. The van der Waals surface area contributed by atoms with Gasteiger partial charge in [0.1, 0.15) is 5.82 Å². The second kappa shape index (κ2) is 12.7. The van der Waals surface area contributed by atoms with Crippen LogP contribution >= 0.6 is 0 Å². The van der Waals surface area contributed by atoms with Gasteiger partial charge in [0.15, 0.2) is 0 Å². The molecule has 0 radical (unpaired) electrons. The minimum Gasteiger partial charge on any atom is -0.405 e. The third kappa shape index (κ3) is 6.85. The molecule has 0 unspecified atom stereocenters. The summed E-state index contributed by atoms with van der Waals surface area (Å²) in [4.78, 5) is 11.7. The summed E-state index contributed by atoms with van der Waals surface area (Å²) in [6.07, 6.45) is 9.28. The smallest absolute Gasteiger partial charge is 0.126 e. The lowest BCUT2D eigenvalue weighted by atomic mass is 9.88. The van der Waals surface area contributed by atoms with Crippen molar-refractivity contribution in [1.29, 1.82) is 0 Å². The van der Waals surface area contributed by atoms with E-state index >= 15 is 0 Å². The Kier molecular flexibility index (Phi) is 9.46. The number of anilines is 1. The Morgan fingerprint density at radius 3 is 2.28 bits per heavy atom. The van der Waals surface area contributed by atoms with Crippen LogP contribution < -0.4 is 11.1 Å². The average Bonchev–Trinajstić information content (AvgIpc) is 2.89. The maximum atomic E-state index is 4.68. The second-order valence-electron chi connectivity index (χ2n) is 9.40. The number of hydrogen-bond donors (Lipinski definition) is 2. The van der Waals surface area contributed by atoms with E-state index in [4.69, 9.17) is 0 Å². The number of aryl methyl sites for hydroxylation is 1. The number of benzene rings is 1. The van der Waals surface area contributed by atoms with Gasteiger partial charge in [0.25, 0.3) is 0 Å². The monoisotopic (exact) mass is 481 g/mol. The molecule has 3 heterocycles. The lowest BCUT2D eigenvalue weighted by Crippen LogP contribution is -2.31. The normalized spacial score (nSPS) is 13.5. The van der Waals surface area contributed by atoms with Gasteiger partial charge in [-0.2, -0.15) is 0 Å². The fourth-order valence-electron chi connectivity index (χ4n) is 4.49. The van der Waals surface area contributed by atoms with Gasteiger partial charge in [0.2, 0.25) is 0 Å². The Bertz CT molecular complexity index is 1150. The summed E-state index contributed by atoms with van der Waals surface area (Å²) in [5.74, 6) is 1.49. The molecule has 4 rings (SSSR count). The number of nitrogens with zero attached hydrogens (tertiary/aromatic N) is 3. The quantitative estimate of drug-likeness (QED) is 0.386. The summed E-state index contributed by atoms with van der Waals surface area (Å²) in [5.41, 5.74) is 12.5. The number of piperidine rings is 1. The third-order valence-corrected chi connectivity index (χ3v) is 6.45. The molecule has 2 aromatic heterocycles. The van der Waals surface area contributed by atoms with Gasteiger partial charge in [0.05, 0.1) is 0 Å². The second-order valence-corrected chi connectivity index (χ2v) is 9.40. The van der Waals surface area contributed by atoms with Crippen molar-refractivity contribution >= 4 is 17.6 Å². The zero-order valence-corrected chi connectivity index (χ0v) is 21.9. The minimum atomic E-state index is 0.356. The molecular weight excluding hydrogens is 442 g/mol. The van der Waals surface area contributed by atoms with Crippen molar-refractivity contribution in [3.05, 3.63) is 103 Å². The first-order valence-corrected chi connectivity index (χ1v) is 12.5. The highest BCUT2D eigenvalue weighted by atomic mass is 15.1. The molecule has 188 valence electrons. The number of nitrogens with two attached hydrogens (primary N) is 1. The molecule has 3 N–H and O–H groups in total. The van der Waals surface area contributed by atoms with E-state index in [1.54, 1.807) is 0 Å². The largest absolute Gasteiger partial charge is 0.405 e. The SMILES string of the molecule is C=CN.C=Cc1ccc(C2CCN(C(=C)c3cnc(C)c(-c4ccc(NC(C)C)nc4)c3)CC2)cc1. The Balaban J connectivity index is 0.00000115. The highest BCUT2D eigenvalue weighted by Crippen LogP contribution is 2.33. The summed E-state index contributed by atoms with van der Waals surface area (Å²) in [5, 5.41) is 3.34. The molecule has 1 saturated heterocycles. The molecule has 1 aliphatic rings. The lowest BCUT2D eigenvalue weighted by Gasteiger charge is -2.35. The highest BCUT2D eigenvalue weighted by molar-refractivity contribution is 5.72. The first-order valence-electron chi connectivity index (χ1n) is 12.5. The van der Waals surface area contributed by atoms with E-state index < -0.39 is 0 Å². The van der Waals surface area contributed by atoms with Gasteiger partial charge in [0, 0.05) is 59.6 Å². The Hall–Kier alpha value is -3.86.